The molecule has 2 aromatic rings. The van der Waals surface area contributed by atoms with E-state index in [1.165, 1.54) is 11.1 Å². The van der Waals surface area contributed by atoms with Crippen molar-refractivity contribution in [1.29, 1.82) is 0 Å². The number of benzene rings is 2. The van der Waals surface area contributed by atoms with Gasteiger partial charge in [0.05, 0.1) is 0 Å². The van der Waals surface area contributed by atoms with E-state index in [9.17, 15) is 14.4 Å². The SMILES string of the molecule is C=C(CCCCCC)C(c1ccc(CCCC)cc1CCCC)(c1ccc(CCCC)cc1CCCC)P(=O)(O)O. The minimum atomic E-state index is -4.75. The number of unbranched alkanes of at least 4 members (excludes halogenated alkanes) is 7. The second kappa shape index (κ2) is 18.1. The van der Waals surface area contributed by atoms with Crippen molar-refractivity contribution < 1.29 is 14.4 Å². The molecule has 0 fully saturated rings. The van der Waals surface area contributed by atoms with Crippen molar-refractivity contribution in [2.45, 2.75) is 149 Å². The van der Waals surface area contributed by atoms with Gasteiger partial charge in [0.2, 0.25) is 0 Å². The third-order valence-electron chi connectivity index (χ3n) is 8.64. The third kappa shape index (κ3) is 9.41. The van der Waals surface area contributed by atoms with Gasteiger partial charge in [0, 0.05) is 0 Å². The quantitative estimate of drug-likeness (QED) is 0.0874. The van der Waals surface area contributed by atoms with E-state index in [1.54, 1.807) is 0 Å². The predicted molar refractivity (Wildman–Crippen MR) is 178 cm³/mol. The average molecular weight is 583 g/mol. The molecule has 0 atom stereocenters. The molecule has 0 aliphatic heterocycles. The molecular formula is C37H59O3P. The highest BCUT2D eigenvalue weighted by Crippen LogP contribution is 2.66. The van der Waals surface area contributed by atoms with E-state index in [-0.39, 0.29) is 0 Å². The fourth-order valence-electron chi connectivity index (χ4n) is 6.21. The summed E-state index contributed by atoms with van der Waals surface area (Å²) in [7, 11) is -4.75. The molecule has 3 nitrogen and oxygen atoms in total. The fourth-order valence-corrected chi connectivity index (χ4v) is 7.80. The third-order valence-corrected chi connectivity index (χ3v) is 10.3. The fraction of sp³-hybridized carbons (Fsp3) is 0.622. The van der Waals surface area contributed by atoms with Crippen LogP contribution in [0.1, 0.15) is 151 Å². The van der Waals surface area contributed by atoms with Crippen LogP contribution in [0.25, 0.3) is 0 Å². The van der Waals surface area contributed by atoms with E-state index in [1.807, 2.05) is 0 Å². The lowest BCUT2D eigenvalue weighted by atomic mass is 9.76. The van der Waals surface area contributed by atoms with Crippen molar-refractivity contribution in [1.82, 2.24) is 0 Å². The van der Waals surface area contributed by atoms with Crippen LogP contribution in [0.4, 0.5) is 0 Å². The second-order valence-corrected chi connectivity index (χ2v) is 13.8. The standard InChI is InChI=1S/C37H59O3P/c1-7-12-17-18-19-30(6)37(41(38,39)40,35-26-24-31(20-13-8-2)28-33(35)22-15-10-4)36-27-25-32(21-14-9-3)29-34(36)23-16-11-5/h24-29H,6-23H2,1-5H3,(H2,38,39,40). The van der Waals surface area contributed by atoms with Gasteiger partial charge in [0.1, 0.15) is 5.16 Å². The number of hydrogen-bond acceptors (Lipinski definition) is 1. The van der Waals surface area contributed by atoms with Crippen LogP contribution in [0.3, 0.4) is 0 Å². The molecule has 0 amide bonds. The van der Waals surface area contributed by atoms with Crippen molar-refractivity contribution in [3.05, 3.63) is 81.9 Å². The highest BCUT2D eigenvalue weighted by molar-refractivity contribution is 7.53. The maximum Gasteiger partial charge on any atom is 0.344 e. The largest absolute Gasteiger partial charge is 0.344 e. The van der Waals surface area contributed by atoms with Crippen molar-refractivity contribution in [3.63, 3.8) is 0 Å². The molecule has 0 saturated heterocycles. The lowest BCUT2D eigenvalue weighted by Gasteiger charge is -2.40. The molecule has 0 heterocycles. The van der Waals surface area contributed by atoms with Gasteiger partial charge >= 0.3 is 7.60 Å². The predicted octanol–water partition coefficient (Wildman–Crippen LogP) is 11.0. The van der Waals surface area contributed by atoms with E-state index >= 15 is 0 Å². The summed E-state index contributed by atoms with van der Waals surface area (Å²) in [6, 6.07) is 12.8. The van der Waals surface area contributed by atoms with Crippen LogP contribution >= 0.6 is 7.60 Å². The number of rotatable bonds is 21. The second-order valence-electron chi connectivity index (χ2n) is 12.1. The number of hydrogen-bond donors (Lipinski definition) is 2. The van der Waals surface area contributed by atoms with Gasteiger partial charge in [-0.05, 0) is 97.6 Å². The molecule has 0 bridgehead atoms. The van der Waals surface area contributed by atoms with Crippen molar-refractivity contribution in [2.75, 3.05) is 0 Å². The molecule has 41 heavy (non-hydrogen) atoms. The Morgan fingerprint density at radius 3 is 1.44 bits per heavy atom. The smallest absolute Gasteiger partial charge is 0.323 e. The highest BCUT2D eigenvalue weighted by atomic mass is 31.2. The van der Waals surface area contributed by atoms with Gasteiger partial charge in [-0.25, -0.2) is 0 Å². The summed E-state index contributed by atoms with van der Waals surface area (Å²) in [6.45, 7) is 15.5. The summed E-state index contributed by atoms with van der Waals surface area (Å²) >= 11 is 0. The first kappa shape index (κ1) is 35.5. The van der Waals surface area contributed by atoms with Gasteiger partial charge in [-0.2, -0.15) is 0 Å². The van der Waals surface area contributed by atoms with Gasteiger partial charge in [-0.15, -0.1) is 0 Å². The van der Waals surface area contributed by atoms with Crippen molar-refractivity contribution in [3.8, 4) is 0 Å². The Morgan fingerprint density at radius 2 is 1.05 bits per heavy atom. The molecule has 0 radical (unpaired) electrons. The van der Waals surface area contributed by atoms with Crippen LogP contribution in [0.15, 0.2) is 48.6 Å². The molecule has 230 valence electrons. The maximum atomic E-state index is 14.2. The van der Waals surface area contributed by atoms with E-state index < -0.39 is 12.8 Å². The summed E-state index contributed by atoms with van der Waals surface area (Å²) in [5.41, 5.74) is 6.90. The van der Waals surface area contributed by atoms with Gasteiger partial charge < -0.3 is 9.79 Å². The minimum absolute atomic E-state index is 0.612. The van der Waals surface area contributed by atoms with Crippen LogP contribution in [0.5, 0.6) is 0 Å². The van der Waals surface area contributed by atoms with E-state index in [2.05, 4.69) is 77.6 Å². The maximum absolute atomic E-state index is 14.2. The highest BCUT2D eigenvalue weighted by Gasteiger charge is 2.53. The summed E-state index contributed by atoms with van der Waals surface area (Å²) < 4.78 is 14.2. The first-order chi connectivity index (χ1) is 19.7. The molecule has 4 heteroatoms. The molecule has 0 saturated carbocycles. The van der Waals surface area contributed by atoms with Crippen LogP contribution in [0.2, 0.25) is 0 Å². The average Bonchev–Trinajstić information content (AvgIpc) is 2.95. The van der Waals surface area contributed by atoms with E-state index in [0.717, 1.165) is 125 Å². The van der Waals surface area contributed by atoms with E-state index in [4.69, 9.17) is 0 Å². The summed E-state index contributed by atoms with van der Waals surface area (Å²) in [5, 5.41) is -1.54. The zero-order valence-corrected chi connectivity index (χ0v) is 27.8. The molecule has 2 rings (SSSR count). The van der Waals surface area contributed by atoms with Crippen LogP contribution in [-0.2, 0) is 35.4 Å². The van der Waals surface area contributed by atoms with Crippen LogP contribution in [0, 0.1) is 0 Å². The normalized spacial score (nSPS) is 12.2. The van der Waals surface area contributed by atoms with Gasteiger partial charge in [-0.1, -0.05) is 128 Å². The Balaban J connectivity index is 2.93. The minimum Gasteiger partial charge on any atom is -0.323 e. The van der Waals surface area contributed by atoms with Crippen LogP contribution < -0.4 is 0 Å². The first-order valence-corrected chi connectivity index (χ1v) is 18.3. The van der Waals surface area contributed by atoms with E-state index in [0.29, 0.717) is 12.0 Å². The molecule has 0 aromatic heterocycles. The summed E-state index contributed by atoms with van der Waals surface area (Å²) in [5.74, 6) is 0. The lowest BCUT2D eigenvalue weighted by molar-refractivity contribution is 0.345. The Morgan fingerprint density at radius 1 is 0.634 bits per heavy atom. The summed E-state index contributed by atoms with van der Waals surface area (Å²) in [4.78, 5) is 23.2. The molecule has 0 unspecified atom stereocenters. The lowest BCUT2D eigenvalue weighted by Crippen LogP contribution is -2.33. The number of aryl methyl sites for hydroxylation is 4. The first-order valence-electron chi connectivity index (χ1n) is 16.7. The zero-order chi connectivity index (χ0) is 30.3. The number of allylic oxidation sites excluding steroid dienone is 1. The Labute approximate surface area is 252 Å². The Hall–Kier alpha value is -1.67. The topological polar surface area (TPSA) is 57.5 Å². The van der Waals surface area contributed by atoms with Gasteiger partial charge in [-0.3, -0.25) is 4.57 Å². The van der Waals surface area contributed by atoms with Gasteiger partial charge in [0.25, 0.3) is 0 Å². The van der Waals surface area contributed by atoms with Gasteiger partial charge in [0.15, 0.2) is 0 Å². The summed E-state index contributed by atoms with van der Waals surface area (Å²) in [6.07, 6.45) is 16.9. The molecule has 2 aromatic carbocycles. The molecule has 0 spiro atoms. The van der Waals surface area contributed by atoms with Crippen molar-refractivity contribution >= 4 is 7.60 Å². The molecular weight excluding hydrogens is 523 g/mol. The van der Waals surface area contributed by atoms with Crippen LogP contribution in [-0.4, -0.2) is 9.79 Å². The Bertz CT molecular complexity index is 1050. The molecule has 0 aliphatic carbocycles. The van der Waals surface area contributed by atoms with Crippen molar-refractivity contribution in [2.24, 2.45) is 0 Å². The molecule has 2 N–H and O–H groups in total. The Kier molecular flexibility index (Phi) is 15.7. The monoisotopic (exact) mass is 582 g/mol. The zero-order valence-electron chi connectivity index (χ0n) is 26.9. The molecule has 0 aliphatic rings.